The number of hydrogen-bond acceptors (Lipinski definition) is 3. The molecule has 0 saturated carbocycles. The van der Waals surface area contributed by atoms with E-state index in [4.69, 9.17) is 0 Å². The lowest BCUT2D eigenvalue weighted by molar-refractivity contribution is -0.174. The van der Waals surface area contributed by atoms with Crippen LogP contribution in [0.4, 0.5) is 13.2 Å². The van der Waals surface area contributed by atoms with E-state index in [1.54, 1.807) is 0 Å². The number of alkyl halides is 3. The molecule has 6 heteroatoms. The SMILES string of the molecule is CNC(C)C1CCCN(CCCOCC(F)(F)F)C1. The molecule has 2 unspecified atom stereocenters. The second-order valence-electron chi connectivity index (χ2n) is 5.30. The van der Waals surface area contributed by atoms with Gasteiger partial charge in [0.2, 0.25) is 0 Å². The highest BCUT2D eigenvalue weighted by atomic mass is 19.4. The molecule has 3 nitrogen and oxygen atoms in total. The van der Waals surface area contributed by atoms with E-state index in [0.29, 0.717) is 18.4 Å². The van der Waals surface area contributed by atoms with E-state index in [1.807, 2.05) is 7.05 Å². The van der Waals surface area contributed by atoms with E-state index in [1.165, 1.54) is 12.8 Å². The summed E-state index contributed by atoms with van der Waals surface area (Å²) in [5.41, 5.74) is 0. The maximum Gasteiger partial charge on any atom is 0.411 e. The molecule has 1 fully saturated rings. The third kappa shape index (κ3) is 7.13. The summed E-state index contributed by atoms with van der Waals surface area (Å²) in [6.45, 7) is 4.13. The molecule has 1 heterocycles. The fraction of sp³-hybridized carbons (Fsp3) is 1.00. The minimum atomic E-state index is -4.21. The van der Waals surface area contributed by atoms with Crippen molar-refractivity contribution in [2.24, 2.45) is 5.92 Å². The first kappa shape index (κ1) is 16.7. The van der Waals surface area contributed by atoms with Crippen molar-refractivity contribution >= 4 is 0 Å². The van der Waals surface area contributed by atoms with E-state index in [-0.39, 0.29) is 6.61 Å². The Hall–Kier alpha value is -0.330. The molecule has 1 N–H and O–H groups in total. The summed E-state index contributed by atoms with van der Waals surface area (Å²) in [6, 6.07) is 0.490. The molecule has 1 rings (SSSR count). The van der Waals surface area contributed by atoms with Crippen LogP contribution in [0.2, 0.25) is 0 Å². The summed E-state index contributed by atoms with van der Waals surface area (Å²) in [4.78, 5) is 2.33. The molecule has 0 aliphatic carbocycles. The van der Waals surface area contributed by atoms with Crippen LogP contribution in [-0.2, 0) is 4.74 Å². The highest BCUT2D eigenvalue weighted by Crippen LogP contribution is 2.20. The van der Waals surface area contributed by atoms with Crippen LogP contribution in [-0.4, -0.2) is 57.0 Å². The minimum absolute atomic E-state index is 0.183. The molecule has 0 aromatic carbocycles. The second-order valence-corrected chi connectivity index (χ2v) is 5.30. The average Bonchev–Trinajstić information content (AvgIpc) is 2.36. The summed E-state index contributed by atoms with van der Waals surface area (Å²) >= 11 is 0. The molecule has 0 aromatic rings. The van der Waals surface area contributed by atoms with E-state index >= 15 is 0 Å². The second kappa shape index (κ2) is 8.07. The van der Waals surface area contributed by atoms with Gasteiger partial charge >= 0.3 is 6.18 Å². The molecule has 0 radical (unpaired) electrons. The predicted octanol–water partition coefficient (Wildman–Crippen LogP) is 2.28. The van der Waals surface area contributed by atoms with Crippen LogP contribution < -0.4 is 5.32 Å². The van der Waals surface area contributed by atoms with Gasteiger partial charge in [0, 0.05) is 25.7 Å². The van der Waals surface area contributed by atoms with Crippen molar-refractivity contribution in [1.29, 1.82) is 0 Å². The molecular formula is C13H25F3N2O. The van der Waals surface area contributed by atoms with Crippen LogP contribution in [0.5, 0.6) is 0 Å². The van der Waals surface area contributed by atoms with Crippen molar-refractivity contribution in [2.75, 3.05) is 39.9 Å². The van der Waals surface area contributed by atoms with E-state index < -0.39 is 12.8 Å². The first-order chi connectivity index (χ1) is 8.92. The van der Waals surface area contributed by atoms with Gasteiger partial charge in [0.1, 0.15) is 6.61 Å². The standard InChI is InChI=1S/C13H25F3N2O/c1-11(17-2)12-5-3-6-18(9-12)7-4-8-19-10-13(14,15)16/h11-12,17H,3-10H2,1-2H3. The third-order valence-electron chi connectivity index (χ3n) is 3.73. The largest absolute Gasteiger partial charge is 0.411 e. The predicted molar refractivity (Wildman–Crippen MR) is 69.2 cm³/mol. The summed E-state index contributed by atoms with van der Waals surface area (Å²) in [6.07, 6.45) is -1.15. The van der Waals surface area contributed by atoms with Gasteiger partial charge in [-0.15, -0.1) is 0 Å². The van der Waals surface area contributed by atoms with Crippen LogP contribution in [0.1, 0.15) is 26.2 Å². The van der Waals surface area contributed by atoms with Crippen molar-refractivity contribution in [3.8, 4) is 0 Å². The number of rotatable bonds is 7. The molecule has 0 aromatic heterocycles. The third-order valence-corrected chi connectivity index (χ3v) is 3.73. The quantitative estimate of drug-likeness (QED) is 0.725. The summed E-state index contributed by atoms with van der Waals surface area (Å²) in [5.74, 6) is 0.634. The lowest BCUT2D eigenvalue weighted by Gasteiger charge is -2.35. The maximum atomic E-state index is 11.9. The molecule has 114 valence electrons. The van der Waals surface area contributed by atoms with Crippen LogP contribution in [0.15, 0.2) is 0 Å². The molecule has 1 saturated heterocycles. The Balaban J connectivity index is 2.12. The maximum absolute atomic E-state index is 11.9. The molecular weight excluding hydrogens is 257 g/mol. The van der Waals surface area contributed by atoms with Crippen LogP contribution in [0.25, 0.3) is 0 Å². The molecule has 0 amide bonds. The number of ether oxygens (including phenoxy) is 1. The number of piperidine rings is 1. The topological polar surface area (TPSA) is 24.5 Å². The van der Waals surface area contributed by atoms with Crippen molar-refractivity contribution in [1.82, 2.24) is 10.2 Å². The Morgan fingerprint density at radius 2 is 2.16 bits per heavy atom. The Morgan fingerprint density at radius 3 is 2.79 bits per heavy atom. The zero-order valence-corrected chi connectivity index (χ0v) is 11.8. The number of likely N-dealkylation sites (tertiary alicyclic amines) is 1. The number of hydrogen-bond donors (Lipinski definition) is 1. The molecule has 1 aliphatic rings. The monoisotopic (exact) mass is 282 g/mol. The average molecular weight is 282 g/mol. The summed E-state index contributed by atoms with van der Waals surface area (Å²) in [5, 5.41) is 3.27. The van der Waals surface area contributed by atoms with E-state index in [9.17, 15) is 13.2 Å². The smallest absolute Gasteiger partial charge is 0.372 e. The van der Waals surface area contributed by atoms with Crippen LogP contribution in [0.3, 0.4) is 0 Å². The first-order valence-corrected chi connectivity index (χ1v) is 6.96. The van der Waals surface area contributed by atoms with Crippen molar-refractivity contribution in [3.05, 3.63) is 0 Å². The molecule has 2 atom stereocenters. The molecule has 19 heavy (non-hydrogen) atoms. The molecule has 0 bridgehead atoms. The van der Waals surface area contributed by atoms with Gasteiger partial charge < -0.3 is 15.0 Å². The number of nitrogens with zero attached hydrogens (tertiary/aromatic N) is 1. The number of halogens is 3. The zero-order valence-electron chi connectivity index (χ0n) is 11.8. The Labute approximate surface area is 113 Å². The van der Waals surface area contributed by atoms with Gasteiger partial charge in [-0.1, -0.05) is 0 Å². The zero-order chi connectivity index (χ0) is 14.3. The van der Waals surface area contributed by atoms with Gasteiger partial charge in [-0.05, 0) is 45.7 Å². The van der Waals surface area contributed by atoms with Gasteiger partial charge in [-0.3, -0.25) is 0 Å². The lowest BCUT2D eigenvalue weighted by Crippen LogP contribution is -2.43. The van der Waals surface area contributed by atoms with Crippen LogP contribution >= 0.6 is 0 Å². The fourth-order valence-electron chi connectivity index (χ4n) is 2.52. The normalized spacial score (nSPS) is 23.5. The first-order valence-electron chi connectivity index (χ1n) is 6.96. The highest BCUT2D eigenvalue weighted by molar-refractivity contribution is 4.79. The van der Waals surface area contributed by atoms with E-state index in [2.05, 4.69) is 21.9 Å². The number of nitrogens with one attached hydrogen (secondary N) is 1. The Kier molecular flexibility index (Phi) is 7.10. The van der Waals surface area contributed by atoms with Gasteiger partial charge in [-0.25, -0.2) is 0 Å². The van der Waals surface area contributed by atoms with Crippen molar-refractivity contribution in [2.45, 2.75) is 38.4 Å². The van der Waals surface area contributed by atoms with Gasteiger partial charge in [-0.2, -0.15) is 13.2 Å². The van der Waals surface area contributed by atoms with E-state index in [0.717, 1.165) is 19.6 Å². The van der Waals surface area contributed by atoms with Gasteiger partial charge in [0.05, 0.1) is 0 Å². The molecule has 0 spiro atoms. The fourth-order valence-corrected chi connectivity index (χ4v) is 2.52. The summed E-state index contributed by atoms with van der Waals surface area (Å²) in [7, 11) is 1.97. The van der Waals surface area contributed by atoms with Gasteiger partial charge in [0.25, 0.3) is 0 Å². The van der Waals surface area contributed by atoms with Crippen molar-refractivity contribution in [3.63, 3.8) is 0 Å². The molecule has 1 aliphatic heterocycles. The summed E-state index contributed by atoms with van der Waals surface area (Å²) < 4.78 is 40.2. The van der Waals surface area contributed by atoms with Crippen molar-refractivity contribution < 1.29 is 17.9 Å². The van der Waals surface area contributed by atoms with Crippen LogP contribution in [0, 0.1) is 5.92 Å². The Morgan fingerprint density at radius 1 is 1.42 bits per heavy atom. The minimum Gasteiger partial charge on any atom is -0.372 e. The Bertz CT molecular complexity index is 249. The highest BCUT2D eigenvalue weighted by Gasteiger charge is 2.27. The lowest BCUT2D eigenvalue weighted by atomic mass is 9.91. The van der Waals surface area contributed by atoms with Gasteiger partial charge in [0.15, 0.2) is 0 Å².